The summed E-state index contributed by atoms with van der Waals surface area (Å²) in [7, 11) is 0. The van der Waals surface area contributed by atoms with Crippen LogP contribution in [0.15, 0.2) is 18.2 Å². The van der Waals surface area contributed by atoms with E-state index in [9.17, 15) is 5.11 Å². The number of hydrogen-bond donors (Lipinski definition) is 1. The molecule has 0 unspecified atom stereocenters. The molecule has 0 bridgehead atoms. The summed E-state index contributed by atoms with van der Waals surface area (Å²) in [5.74, 6) is 0.601. The van der Waals surface area contributed by atoms with Crippen LogP contribution in [-0.2, 0) is 9.47 Å². The van der Waals surface area contributed by atoms with E-state index >= 15 is 0 Å². The average Bonchev–Trinajstić information content (AvgIpc) is 2.32. The summed E-state index contributed by atoms with van der Waals surface area (Å²) in [6.07, 6.45) is -0.377. The minimum Gasteiger partial charge on any atom is -0.504 e. The normalized spacial score (nSPS) is 19.7. The summed E-state index contributed by atoms with van der Waals surface area (Å²) in [5.41, 5.74) is 0.919. The second kappa shape index (κ2) is 5.16. The van der Waals surface area contributed by atoms with Crippen molar-refractivity contribution in [3.63, 3.8) is 0 Å². The number of ether oxygens (including phenoxy) is 3. The lowest BCUT2D eigenvalue weighted by Crippen LogP contribution is -2.33. The number of phenols is 1. The van der Waals surface area contributed by atoms with Crippen molar-refractivity contribution in [1.29, 1.82) is 0 Å². The molecule has 1 aromatic rings. The first kappa shape index (κ1) is 13.2. The minimum absolute atomic E-state index is 0.0518. The second-order valence-electron chi connectivity index (χ2n) is 5.28. The van der Waals surface area contributed by atoms with Gasteiger partial charge in [-0.05, 0) is 19.1 Å². The number of hydrogen-bond acceptors (Lipinski definition) is 4. The van der Waals surface area contributed by atoms with Gasteiger partial charge in [0.2, 0.25) is 0 Å². The Labute approximate surface area is 107 Å². The molecule has 2 rings (SSSR count). The molecule has 0 amide bonds. The van der Waals surface area contributed by atoms with Crippen molar-refractivity contribution in [1.82, 2.24) is 0 Å². The van der Waals surface area contributed by atoms with E-state index in [1.165, 1.54) is 0 Å². The third kappa shape index (κ3) is 2.94. The standard InChI is InChI=1S/C14H20O4/c1-4-16-12-7-10(5-6-11(12)15)13-17-8-14(2,3)9-18-13/h5-7,13,15H,4,8-9H2,1-3H3. The Morgan fingerprint density at radius 1 is 1.33 bits per heavy atom. The van der Waals surface area contributed by atoms with Crippen molar-refractivity contribution in [3.8, 4) is 11.5 Å². The van der Waals surface area contributed by atoms with Crippen molar-refractivity contribution in [2.45, 2.75) is 27.1 Å². The second-order valence-corrected chi connectivity index (χ2v) is 5.28. The smallest absolute Gasteiger partial charge is 0.183 e. The molecule has 0 spiro atoms. The average molecular weight is 252 g/mol. The van der Waals surface area contributed by atoms with E-state index in [2.05, 4.69) is 13.8 Å². The van der Waals surface area contributed by atoms with Gasteiger partial charge in [0.15, 0.2) is 17.8 Å². The van der Waals surface area contributed by atoms with Gasteiger partial charge >= 0.3 is 0 Å². The van der Waals surface area contributed by atoms with Gasteiger partial charge in [-0.1, -0.05) is 19.9 Å². The lowest BCUT2D eigenvalue weighted by atomic mass is 9.95. The molecule has 1 N–H and O–H groups in total. The monoisotopic (exact) mass is 252 g/mol. The van der Waals surface area contributed by atoms with Crippen molar-refractivity contribution in [2.75, 3.05) is 19.8 Å². The van der Waals surface area contributed by atoms with Gasteiger partial charge in [-0.15, -0.1) is 0 Å². The zero-order chi connectivity index (χ0) is 13.2. The fraction of sp³-hybridized carbons (Fsp3) is 0.571. The molecule has 0 aliphatic carbocycles. The van der Waals surface area contributed by atoms with E-state index in [0.29, 0.717) is 25.6 Å². The number of phenolic OH excluding ortho intramolecular Hbond substituents is 1. The topological polar surface area (TPSA) is 47.9 Å². The molecular weight excluding hydrogens is 232 g/mol. The van der Waals surface area contributed by atoms with Crippen LogP contribution in [0.4, 0.5) is 0 Å². The van der Waals surface area contributed by atoms with Gasteiger partial charge in [-0.3, -0.25) is 0 Å². The molecule has 1 heterocycles. The van der Waals surface area contributed by atoms with Crippen LogP contribution in [-0.4, -0.2) is 24.9 Å². The van der Waals surface area contributed by atoms with Crippen LogP contribution in [0.5, 0.6) is 11.5 Å². The van der Waals surface area contributed by atoms with Gasteiger partial charge < -0.3 is 19.3 Å². The lowest BCUT2D eigenvalue weighted by Gasteiger charge is -2.34. The Balaban J connectivity index is 2.12. The van der Waals surface area contributed by atoms with Crippen LogP contribution in [0.1, 0.15) is 32.6 Å². The molecule has 0 radical (unpaired) electrons. The highest BCUT2D eigenvalue weighted by atomic mass is 16.7. The summed E-state index contributed by atoms with van der Waals surface area (Å²) in [4.78, 5) is 0. The molecule has 18 heavy (non-hydrogen) atoms. The SMILES string of the molecule is CCOc1cc(C2OCC(C)(C)CO2)ccc1O. The highest BCUT2D eigenvalue weighted by Gasteiger charge is 2.29. The van der Waals surface area contributed by atoms with E-state index in [1.54, 1.807) is 18.2 Å². The maximum atomic E-state index is 9.64. The molecule has 1 aliphatic heterocycles. The van der Waals surface area contributed by atoms with Crippen molar-refractivity contribution in [2.24, 2.45) is 5.41 Å². The van der Waals surface area contributed by atoms with Gasteiger partial charge in [0.1, 0.15) is 0 Å². The maximum absolute atomic E-state index is 9.64. The molecular formula is C14H20O4. The Kier molecular flexibility index (Phi) is 3.78. The first-order chi connectivity index (χ1) is 8.52. The lowest BCUT2D eigenvalue weighted by molar-refractivity contribution is -0.226. The predicted molar refractivity (Wildman–Crippen MR) is 67.7 cm³/mol. The Morgan fingerprint density at radius 2 is 2.00 bits per heavy atom. The summed E-state index contributed by atoms with van der Waals surface area (Å²) in [6.45, 7) is 7.90. The summed E-state index contributed by atoms with van der Waals surface area (Å²) >= 11 is 0. The molecule has 4 nitrogen and oxygen atoms in total. The number of rotatable bonds is 3. The number of benzene rings is 1. The Hall–Kier alpha value is -1.26. The molecule has 0 aromatic heterocycles. The van der Waals surface area contributed by atoms with Gasteiger partial charge in [0.05, 0.1) is 19.8 Å². The van der Waals surface area contributed by atoms with E-state index in [-0.39, 0.29) is 17.5 Å². The molecule has 1 saturated heterocycles. The maximum Gasteiger partial charge on any atom is 0.183 e. The van der Waals surface area contributed by atoms with E-state index in [1.807, 2.05) is 6.92 Å². The van der Waals surface area contributed by atoms with Crippen molar-refractivity contribution < 1.29 is 19.3 Å². The zero-order valence-corrected chi connectivity index (χ0v) is 11.1. The third-order valence-corrected chi connectivity index (χ3v) is 2.81. The summed E-state index contributed by atoms with van der Waals surface area (Å²) < 4.78 is 16.7. The Morgan fingerprint density at radius 3 is 2.61 bits per heavy atom. The van der Waals surface area contributed by atoms with Crippen molar-refractivity contribution >= 4 is 0 Å². The van der Waals surface area contributed by atoms with E-state index < -0.39 is 0 Å². The van der Waals surface area contributed by atoms with Crippen LogP contribution in [0.3, 0.4) is 0 Å². The molecule has 0 atom stereocenters. The summed E-state index contributed by atoms with van der Waals surface area (Å²) in [6, 6.07) is 5.16. The fourth-order valence-electron chi connectivity index (χ4n) is 1.83. The van der Waals surface area contributed by atoms with Crippen molar-refractivity contribution in [3.05, 3.63) is 23.8 Å². The van der Waals surface area contributed by atoms with E-state index in [4.69, 9.17) is 14.2 Å². The van der Waals surface area contributed by atoms with Crippen LogP contribution >= 0.6 is 0 Å². The minimum atomic E-state index is -0.377. The molecule has 1 aromatic carbocycles. The van der Waals surface area contributed by atoms with E-state index in [0.717, 1.165) is 5.56 Å². The predicted octanol–water partition coefficient (Wildman–Crippen LogP) is 2.86. The van der Waals surface area contributed by atoms with Gasteiger partial charge in [-0.2, -0.15) is 0 Å². The highest BCUT2D eigenvalue weighted by Crippen LogP contribution is 2.35. The van der Waals surface area contributed by atoms with Gasteiger partial charge in [0, 0.05) is 11.0 Å². The molecule has 0 saturated carbocycles. The molecule has 4 heteroatoms. The van der Waals surface area contributed by atoms with Crippen LogP contribution < -0.4 is 4.74 Å². The van der Waals surface area contributed by atoms with Gasteiger partial charge in [-0.25, -0.2) is 0 Å². The molecule has 1 fully saturated rings. The fourth-order valence-corrected chi connectivity index (χ4v) is 1.83. The summed E-state index contributed by atoms with van der Waals surface area (Å²) in [5, 5.41) is 9.64. The first-order valence-electron chi connectivity index (χ1n) is 6.21. The molecule has 100 valence electrons. The van der Waals surface area contributed by atoms with Crippen LogP contribution in [0.25, 0.3) is 0 Å². The quantitative estimate of drug-likeness (QED) is 0.898. The van der Waals surface area contributed by atoms with Crippen LogP contribution in [0, 0.1) is 5.41 Å². The van der Waals surface area contributed by atoms with Crippen LogP contribution in [0.2, 0.25) is 0 Å². The first-order valence-corrected chi connectivity index (χ1v) is 6.21. The molecule has 1 aliphatic rings. The zero-order valence-electron chi connectivity index (χ0n) is 11.1. The third-order valence-electron chi connectivity index (χ3n) is 2.81. The highest BCUT2D eigenvalue weighted by molar-refractivity contribution is 5.42. The number of aromatic hydroxyl groups is 1. The van der Waals surface area contributed by atoms with Gasteiger partial charge in [0.25, 0.3) is 0 Å². The largest absolute Gasteiger partial charge is 0.504 e. The Bertz CT molecular complexity index is 404.